The molecule has 92 valence electrons. The summed E-state index contributed by atoms with van der Waals surface area (Å²) < 4.78 is 40.7. The van der Waals surface area contributed by atoms with Crippen LogP contribution in [0, 0.1) is 0 Å². The van der Waals surface area contributed by atoms with Gasteiger partial charge in [0.2, 0.25) is 5.90 Å². The third kappa shape index (κ3) is 5.14. The second-order valence-corrected chi connectivity index (χ2v) is 3.20. The number of benzene rings is 1. The van der Waals surface area contributed by atoms with E-state index in [1.54, 1.807) is 18.2 Å². The zero-order valence-corrected chi connectivity index (χ0v) is 8.99. The number of alkyl halides is 3. The highest BCUT2D eigenvalue weighted by atomic mass is 19.4. The van der Waals surface area contributed by atoms with E-state index < -0.39 is 18.7 Å². The molecule has 0 unspecified atom stereocenters. The second kappa shape index (κ2) is 5.47. The minimum absolute atomic E-state index is 0.324. The van der Waals surface area contributed by atoms with Crippen LogP contribution in [0.2, 0.25) is 0 Å². The van der Waals surface area contributed by atoms with Gasteiger partial charge in [0.25, 0.3) is 0 Å². The van der Waals surface area contributed by atoms with Crippen molar-refractivity contribution in [3.8, 4) is 0 Å². The van der Waals surface area contributed by atoms with E-state index in [-0.39, 0.29) is 5.90 Å². The van der Waals surface area contributed by atoms with Crippen LogP contribution in [0.15, 0.2) is 35.3 Å². The average Bonchev–Trinajstić information content (AvgIpc) is 2.24. The number of ether oxygens (including phenoxy) is 1. The van der Waals surface area contributed by atoms with Gasteiger partial charge in [0.05, 0.1) is 0 Å². The van der Waals surface area contributed by atoms with Crippen molar-refractivity contribution in [1.29, 1.82) is 0 Å². The monoisotopic (exact) mass is 245 g/mol. The fourth-order valence-electron chi connectivity index (χ4n) is 1.06. The van der Waals surface area contributed by atoms with Gasteiger partial charge in [-0.25, -0.2) is 4.99 Å². The summed E-state index contributed by atoms with van der Waals surface area (Å²) in [4.78, 5) is 14.0. The molecule has 3 nitrogen and oxygen atoms in total. The van der Waals surface area contributed by atoms with Crippen LogP contribution >= 0.6 is 0 Å². The molecule has 0 aliphatic rings. The highest BCUT2D eigenvalue weighted by molar-refractivity contribution is 6.00. The summed E-state index contributed by atoms with van der Waals surface area (Å²) in [6.45, 7) is -0.281. The van der Waals surface area contributed by atoms with Crippen molar-refractivity contribution >= 4 is 11.9 Å². The van der Waals surface area contributed by atoms with Gasteiger partial charge < -0.3 is 4.74 Å². The van der Waals surface area contributed by atoms with E-state index in [9.17, 15) is 18.0 Å². The summed E-state index contributed by atoms with van der Waals surface area (Å²) in [7, 11) is 0. The summed E-state index contributed by atoms with van der Waals surface area (Å²) in [5, 5.41) is 0. The molecular weight excluding hydrogens is 235 g/mol. The normalized spacial score (nSPS) is 12.4. The van der Waals surface area contributed by atoms with E-state index in [4.69, 9.17) is 0 Å². The molecule has 1 aromatic carbocycles. The van der Waals surface area contributed by atoms with Gasteiger partial charge in [-0.3, -0.25) is 4.79 Å². The predicted octanol–water partition coefficient (Wildman–Crippen LogP) is 2.56. The lowest BCUT2D eigenvalue weighted by molar-refractivity contribution is -0.133. The van der Waals surface area contributed by atoms with Gasteiger partial charge in [0.1, 0.15) is 6.54 Å². The fourth-order valence-corrected chi connectivity index (χ4v) is 1.06. The van der Waals surface area contributed by atoms with Gasteiger partial charge in [-0.1, -0.05) is 18.2 Å². The first-order valence-electron chi connectivity index (χ1n) is 4.73. The highest BCUT2D eigenvalue weighted by Gasteiger charge is 2.27. The van der Waals surface area contributed by atoms with Crippen molar-refractivity contribution in [2.24, 2.45) is 4.99 Å². The van der Waals surface area contributed by atoms with E-state index in [1.165, 1.54) is 12.1 Å². The minimum Gasteiger partial charge on any atom is -0.407 e. The SMILES string of the molecule is CC(=O)OC(=NCC(F)(F)F)c1ccccc1. The lowest BCUT2D eigenvalue weighted by Crippen LogP contribution is -2.17. The Morgan fingerprint density at radius 3 is 2.35 bits per heavy atom. The molecule has 0 N–H and O–H groups in total. The third-order valence-corrected chi connectivity index (χ3v) is 1.66. The third-order valence-electron chi connectivity index (χ3n) is 1.66. The number of hydrogen-bond acceptors (Lipinski definition) is 3. The van der Waals surface area contributed by atoms with Crippen LogP contribution in [-0.2, 0) is 9.53 Å². The average molecular weight is 245 g/mol. The Labute approximate surface area is 95.9 Å². The number of aliphatic imine (C=N–C) groups is 1. The van der Waals surface area contributed by atoms with Crippen LogP contribution in [0.5, 0.6) is 0 Å². The van der Waals surface area contributed by atoms with E-state index in [0.29, 0.717) is 5.56 Å². The second-order valence-electron chi connectivity index (χ2n) is 3.20. The van der Waals surface area contributed by atoms with Crippen LogP contribution in [0.25, 0.3) is 0 Å². The van der Waals surface area contributed by atoms with Gasteiger partial charge in [0, 0.05) is 12.5 Å². The molecule has 0 atom stereocenters. The highest BCUT2D eigenvalue weighted by Crippen LogP contribution is 2.15. The van der Waals surface area contributed by atoms with E-state index in [1.807, 2.05) is 0 Å². The van der Waals surface area contributed by atoms with Crippen LogP contribution in [0.4, 0.5) is 13.2 Å². The van der Waals surface area contributed by atoms with E-state index in [0.717, 1.165) is 6.92 Å². The largest absolute Gasteiger partial charge is 0.408 e. The molecule has 1 aromatic rings. The molecule has 0 spiro atoms. The molecule has 0 heterocycles. The van der Waals surface area contributed by atoms with Gasteiger partial charge in [-0.15, -0.1) is 0 Å². The van der Waals surface area contributed by atoms with Crippen molar-refractivity contribution in [2.75, 3.05) is 6.54 Å². The molecule has 0 amide bonds. The molecule has 0 bridgehead atoms. The van der Waals surface area contributed by atoms with Crippen molar-refractivity contribution in [3.05, 3.63) is 35.9 Å². The maximum absolute atomic E-state index is 12.0. The summed E-state index contributed by atoms with van der Waals surface area (Å²) in [5.41, 5.74) is 0.326. The fraction of sp³-hybridized carbons (Fsp3) is 0.273. The number of carbonyl (C=O) groups excluding carboxylic acids is 1. The molecule has 0 radical (unpaired) electrons. The molecule has 0 fully saturated rings. The van der Waals surface area contributed by atoms with Gasteiger partial charge in [0.15, 0.2) is 0 Å². The smallest absolute Gasteiger partial charge is 0.407 e. The Kier molecular flexibility index (Phi) is 4.25. The Morgan fingerprint density at radius 2 is 1.88 bits per heavy atom. The molecule has 1 rings (SSSR count). The molecule has 0 saturated carbocycles. The van der Waals surface area contributed by atoms with Gasteiger partial charge >= 0.3 is 12.1 Å². The molecular formula is C11H10F3NO2. The Morgan fingerprint density at radius 1 is 1.29 bits per heavy atom. The molecule has 17 heavy (non-hydrogen) atoms. The number of halogens is 3. The molecule has 0 saturated heterocycles. The molecule has 0 aliphatic heterocycles. The lowest BCUT2D eigenvalue weighted by Gasteiger charge is -2.07. The lowest BCUT2D eigenvalue weighted by atomic mass is 10.2. The minimum atomic E-state index is -4.43. The summed E-state index contributed by atoms with van der Waals surface area (Å²) in [5.74, 6) is -1.04. The van der Waals surface area contributed by atoms with Crippen LogP contribution in [0.1, 0.15) is 12.5 Å². The van der Waals surface area contributed by atoms with Gasteiger partial charge in [-0.05, 0) is 12.1 Å². The first-order valence-corrected chi connectivity index (χ1v) is 4.73. The predicted molar refractivity (Wildman–Crippen MR) is 55.7 cm³/mol. The Bertz CT molecular complexity index is 412. The molecule has 0 aromatic heterocycles. The van der Waals surface area contributed by atoms with E-state index >= 15 is 0 Å². The zero-order valence-electron chi connectivity index (χ0n) is 8.99. The number of rotatable bonds is 2. The van der Waals surface area contributed by atoms with E-state index in [2.05, 4.69) is 9.73 Å². The standard InChI is InChI=1S/C11H10F3NO2/c1-8(16)17-10(15-7-11(12,13)14)9-5-3-2-4-6-9/h2-6H,7H2,1H3. The molecule has 6 heteroatoms. The summed E-state index contributed by atoms with van der Waals surface area (Å²) in [6, 6.07) is 7.94. The van der Waals surface area contributed by atoms with Gasteiger partial charge in [-0.2, -0.15) is 13.2 Å². The first kappa shape index (κ1) is 13.2. The maximum Gasteiger partial charge on any atom is 0.408 e. The topological polar surface area (TPSA) is 38.7 Å². The quantitative estimate of drug-likeness (QED) is 0.456. The first-order chi connectivity index (χ1) is 7.88. The number of nitrogens with zero attached hydrogens (tertiary/aromatic N) is 1. The number of hydrogen-bond donors (Lipinski definition) is 0. The Balaban J connectivity index is 2.92. The van der Waals surface area contributed by atoms with Crippen molar-refractivity contribution in [3.63, 3.8) is 0 Å². The maximum atomic E-state index is 12.0. The van der Waals surface area contributed by atoms with Crippen LogP contribution in [0.3, 0.4) is 0 Å². The Hall–Kier alpha value is -1.85. The van der Waals surface area contributed by atoms with Crippen LogP contribution in [-0.4, -0.2) is 24.6 Å². The summed E-state index contributed by atoms with van der Waals surface area (Å²) >= 11 is 0. The van der Waals surface area contributed by atoms with Crippen molar-refractivity contribution < 1.29 is 22.7 Å². The number of carbonyl (C=O) groups is 1. The van der Waals surface area contributed by atoms with Crippen LogP contribution < -0.4 is 0 Å². The zero-order chi connectivity index (χ0) is 12.9. The number of esters is 1. The van der Waals surface area contributed by atoms with Crippen molar-refractivity contribution in [1.82, 2.24) is 0 Å². The van der Waals surface area contributed by atoms with Crippen molar-refractivity contribution in [2.45, 2.75) is 13.1 Å². The summed E-state index contributed by atoms with van der Waals surface area (Å²) in [6.07, 6.45) is -4.43. The molecule has 0 aliphatic carbocycles.